The lowest BCUT2D eigenvalue weighted by molar-refractivity contribution is 1.36. The van der Waals surface area contributed by atoms with E-state index in [9.17, 15) is 0 Å². The van der Waals surface area contributed by atoms with E-state index in [0.717, 1.165) is 34.2 Å². The summed E-state index contributed by atoms with van der Waals surface area (Å²) in [4.78, 5) is 4.98. The largest absolute Gasteiger partial charge is 0.251 e. The first-order valence-corrected chi connectivity index (χ1v) is 7.69. The van der Waals surface area contributed by atoms with Gasteiger partial charge in [0.1, 0.15) is 0 Å². The molecule has 1 heteroatoms. The summed E-state index contributed by atoms with van der Waals surface area (Å²) in [6.45, 7) is 0. The zero-order chi connectivity index (χ0) is 15.6. The van der Waals surface area contributed by atoms with Gasteiger partial charge >= 0.3 is 0 Å². The maximum absolute atomic E-state index is 5.71. The average molecular weight is 293 g/mol. The maximum atomic E-state index is 5.71. The molecule has 1 aliphatic carbocycles. The molecule has 23 heavy (non-hydrogen) atoms. The van der Waals surface area contributed by atoms with Crippen LogP contribution < -0.4 is 0 Å². The van der Waals surface area contributed by atoms with Gasteiger partial charge in [0.25, 0.3) is 0 Å². The highest BCUT2D eigenvalue weighted by atomic mass is 14.8. The minimum Gasteiger partial charge on any atom is -0.251 e. The van der Waals surface area contributed by atoms with E-state index >= 15 is 0 Å². The number of hydrogen-bond acceptors (Lipinski definition) is 1. The summed E-state index contributed by atoms with van der Waals surface area (Å²) in [6.07, 6.45) is 10.8. The number of rotatable bonds is 1. The van der Waals surface area contributed by atoms with Crippen LogP contribution in [0.15, 0.2) is 71.7 Å². The molecule has 4 rings (SSSR count). The van der Waals surface area contributed by atoms with E-state index in [2.05, 4.69) is 60.5 Å². The number of hydrogen-bond donors (Lipinski definition) is 0. The fourth-order valence-corrected chi connectivity index (χ4v) is 3.05. The number of benzene rings is 3. The Morgan fingerprint density at radius 3 is 2.65 bits per heavy atom. The van der Waals surface area contributed by atoms with Gasteiger partial charge in [0.15, 0.2) is 0 Å². The Labute approximate surface area is 136 Å². The van der Waals surface area contributed by atoms with Crippen LogP contribution in [-0.4, -0.2) is 5.71 Å². The van der Waals surface area contributed by atoms with Crippen LogP contribution >= 0.6 is 0 Å². The van der Waals surface area contributed by atoms with E-state index in [1.165, 1.54) is 11.1 Å². The quantitative estimate of drug-likeness (QED) is 0.536. The molecule has 108 valence electrons. The Morgan fingerprint density at radius 2 is 1.74 bits per heavy atom. The molecule has 3 aromatic carbocycles. The predicted molar refractivity (Wildman–Crippen MR) is 98.2 cm³/mol. The minimum atomic E-state index is 0.824. The fraction of sp³-hybridized carbons (Fsp3) is 0.0455. The molecule has 0 saturated heterocycles. The molecule has 0 unspecified atom stereocenters. The van der Waals surface area contributed by atoms with Crippen molar-refractivity contribution in [1.29, 1.82) is 0 Å². The van der Waals surface area contributed by atoms with Crippen molar-refractivity contribution in [3.05, 3.63) is 83.4 Å². The molecule has 3 aromatic rings. The van der Waals surface area contributed by atoms with Crippen LogP contribution in [0.5, 0.6) is 0 Å². The smallest absolute Gasteiger partial charge is 0.0867 e. The fourth-order valence-electron chi connectivity index (χ4n) is 3.05. The average Bonchev–Trinajstić information content (AvgIpc) is 2.62. The van der Waals surface area contributed by atoms with Crippen LogP contribution in [0.2, 0.25) is 0 Å². The second-order valence-electron chi connectivity index (χ2n) is 5.58. The third-order valence-corrected chi connectivity index (χ3v) is 4.18. The minimum absolute atomic E-state index is 0.824. The normalized spacial score (nSPS) is 14.7. The van der Waals surface area contributed by atoms with Crippen molar-refractivity contribution < 1.29 is 0 Å². The molecule has 0 radical (unpaired) electrons. The third-order valence-electron chi connectivity index (χ3n) is 4.18. The molecule has 0 bridgehead atoms. The molecule has 0 amide bonds. The van der Waals surface area contributed by atoms with Crippen molar-refractivity contribution in [3.63, 3.8) is 0 Å². The Morgan fingerprint density at radius 1 is 0.913 bits per heavy atom. The van der Waals surface area contributed by atoms with Gasteiger partial charge in [-0.15, -0.1) is 6.42 Å². The van der Waals surface area contributed by atoms with Crippen molar-refractivity contribution in [2.24, 2.45) is 4.99 Å². The van der Waals surface area contributed by atoms with Crippen LogP contribution in [0.3, 0.4) is 0 Å². The van der Waals surface area contributed by atoms with Crippen molar-refractivity contribution >= 4 is 28.2 Å². The lowest BCUT2D eigenvalue weighted by atomic mass is 9.95. The SMILES string of the molecule is C#Cc1ccc2ccccc2c1N=C1CC=Cc2ccccc21. The van der Waals surface area contributed by atoms with Gasteiger partial charge in [-0.1, -0.05) is 72.7 Å². The van der Waals surface area contributed by atoms with Crippen molar-refractivity contribution in [2.75, 3.05) is 0 Å². The highest BCUT2D eigenvalue weighted by Crippen LogP contribution is 2.32. The van der Waals surface area contributed by atoms with Crippen molar-refractivity contribution in [1.82, 2.24) is 0 Å². The molecule has 0 aromatic heterocycles. The monoisotopic (exact) mass is 293 g/mol. The van der Waals surface area contributed by atoms with E-state index in [1.807, 2.05) is 18.2 Å². The molecule has 0 fully saturated rings. The molecule has 1 aliphatic rings. The molecule has 0 spiro atoms. The van der Waals surface area contributed by atoms with Crippen LogP contribution in [0, 0.1) is 12.3 Å². The Balaban J connectivity index is 1.97. The first-order chi connectivity index (χ1) is 11.4. The zero-order valence-corrected chi connectivity index (χ0v) is 12.7. The van der Waals surface area contributed by atoms with Gasteiger partial charge in [-0.05, 0) is 17.0 Å². The standard InChI is InChI=1S/C22H15N/c1-2-16-14-15-18-9-4-6-12-20(18)22(16)23-21-13-7-10-17-8-3-5-11-19(17)21/h1,3-12,14-15H,13H2. The first kappa shape index (κ1) is 13.5. The van der Waals surface area contributed by atoms with E-state index in [0.29, 0.717) is 0 Å². The highest BCUT2D eigenvalue weighted by Gasteiger charge is 2.13. The molecule has 0 atom stereocenters. The molecule has 1 nitrogen and oxygen atoms in total. The topological polar surface area (TPSA) is 12.4 Å². The lowest BCUT2D eigenvalue weighted by Gasteiger charge is -2.14. The van der Waals surface area contributed by atoms with E-state index in [1.54, 1.807) is 0 Å². The first-order valence-electron chi connectivity index (χ1n) is 7.69. The molecule has 0 N–H and O–H groups in total. The Hall–Kier alpha value is -3.11. The van der Waals surface area contributed by atoms with Gasteiger partial charge in [0, 0.05) is 17.4 Å². The van der Waals surface area contributed by atoms with Gasteiger partial charge in [-0.25, -0.2) is 0 Å². The predicted octanol–water partition coefficient (Wildman–Crippen LogP) is 5.36. The summed E-state index contributed by atoms with van der Waals surface area (Å²) in [6, 6.07) is 20.6. The number of fused-ring (bicyclic) bond motifs is 2. The maximum Gasteiger partial charge on any atom is 0.0867 e. The molecular weight excluding hydrogens is 278 g/mol. The van der Waals surface area contributed by atoms with Crippen LogP contribution in [0.1, 0.15) is 23.1 Å². The van der Waals surface area contributed by atoms with Crippen molar-refractivity contribution in [2.45, 2.75) is 6.42 Å². The van der Waals surface area contributed by atoms with Gasteiger partial charge in [0.2, 0.25) is 0 Å². The summed E-state index contributed by atoms with van der Waals surface area (Å²) in [5.74, 6) is 2.78. The van der Waals surface area contributed by atoms with Crippen LogP contribution in [0.25, 0.3) is 16.8 Å². The molecular formula is C22H15N. The van der Waals surface area contributed by atoms with Crippen LogP contribution in [0.4, 0.5) is 5.69 Å². The Kier molecular flexibility index (Phi) is 3.29. The van der Waals surface area contributed by atoms with Crippen molar-refractivity contribution in [3.8, 4) is 12.3 Å². The second kappa shape index (κ2) is 5.59. The molecule has 0 heterocycles. The summed E-state index contributed by atoms with van der Waals surface area (Å²) in [5.41, 5.74) is 5.19. The van der Waals surface area contributed by atoms with Gasteiger partial charge in [0.05, 0.1) is 17.0 Å². The number of nitrogens with zero attached hydrogens (tertiary/aromatic N) is 1. The number of aliphatic imine (C=N–C) groups is 1. The van der Waals surface area contributed by atoms with Gasteiger partial charge < -0.3 is 0 Å². The Bertz CT molecular complexity index is 1000. The second-order valence-corrected chi connectivity index (χ2v) is 5.58. The number of allylic oxidation sites excluding steroid dienone is 1. The van der Waals surface area contributed by atoms with Gasteiger partial charge in [-0.3, -0.25) is 4.99 Å². The summed E-state index contributed by atoms with van der Waals surface area (Å²) >= 11 is 0. The molecule has 0 saturated carbocycles. The van der Waals surface area contributed by atoms with E-state index in [-0.39, 0.29) is 0 Å². The van der Waals surface area contributed by atoms with E-state index in [4.69, 9.17) is 11.4 Å². The number of terminal acetylenes is 1. The van der Waals surface area contributed by atoms with E-state index < -0.39 is 0 Å². The van der Waals surface area contributed by atoms with Crippen LogP contribution in [-0.2, 0) is 0 Å². The lowest BCUT2D eigenvalue weighted by Crippen LogP contribution is -2.05. The summed E-state index contributed by atoms with van der Waals surface area (Å²) < 4.78 is 0. The van der Waals surface area contributed by atoms with Gasteiger partial charge in [-0.2, -0.15) is 0 Å². The highest BCUT2D eigenvalue weighted by molar-refractivity contribution is 6.09. The zero-order valence-electron chi connectivity index (χ0n) is 12.7. The third kappa shape index (κ3) is 2.35. The summed E-state index contributed by atoms with van der Waals surface area (Å²) in [5, 5.41) is 2.26. The molecule has 0 aliphatic heterocycles. The summed E-state index contributed by atoms with van der Waals surface area (Å²) in [7, 11) is 0.